The van der Waals surface area contributed by atoms with Gasteiger partial charge in [-0.15, -0.1) is 0 Å². The average molecular weight is 254 g/mol. The lowest BCUT2D eigenvalue weighted by Crippen LogP contribution is -2.39. The van der Waals surface area contributed by atoms with Crippen LogP contribution in [0.4, 0.5) is 15.8 Å². The largest absolute Gasteiger partial charge is 0.495 e. The second-order valence-electron chi connectivity index (χ2n) is 5.70. The van der Waals surface area contributed by atoms with Crippen molar-refractivity contribution in [2.45, 2.75) is 33.7 Å². The summed E-state index contributed by atoms with van der Waals surface area (Å²) in [6.07, 6.45) is 0. The van der Waals surface area contributed by atoms with E-state index in [-0.39, 0.29) is 17.3 Å². The molecule has 0 aromatic heterocycles. The standard InChI is InChI=1S/C14H23FN2O/c1-9(14(2,3)4)17(5)12-8-13(18-6)11(16)7-10(12)15/h7-9H,16H2,1-6H3. The third kappa shape index (κ3) is 2.86. The Labute approximate surface area is 109 Å². The molecule has 0 spiro atoms. The van der Waals surface area contributed by atoms with Crippen LogP contribution < -0.4 is 15.4 Å². The molecule has 3 nitrogen and oxygen atoms in total. The molecule has 1 atom stereocenters. The summed E-state index contributed by atoms with van der Waals surface area (Å²) in [6.45, 7) is 8.45. The molecular formula is C14H23FN2O. The SMILES string of the molecule is COc1cc(N(C)C(C)C(C)(C)C)c(F)cc1N. The van der Waals surface area contributed by atoms with Crippen LogP contribution in [0.2, 0.25) is 0 Å². The van der Waals surface area contributed by atoms with Gasteiger partial charge in [0.05, 0.1) is 18.5 Å². The monoisotopic (exact) mass is 254 g/mol. The van der Waals surface area contributed by atoms with Gasteiger partial charge in [0, 0.05) is 25.2 Å². The van der Waals surface area contributed by atoms with E-state index in [9.17, 15) is 4.39 Å². The Morgan fingerprint density at radius 2 is 1.89 bits per heavy atom. The molecule has 1 unspecified atom stereocenters. The highest BCUT2D eigenvalue weighted by Crippen LogP contribution is 2.34. The number of benzene rings is 1. The van der Waals surface area contributed by atoms with Crippen LogP contribution in [0.25, 0.3) is 0 Å². The van der Waals surface area contributed by atoms with Gasteiger partial charge in [-0.2, -0.15) is 0 Å². The summed E-state index contributed by atoms with van der Waals surface area (Å²) in [7, 11) is 3.41. The number of hydrogen-bond acceptors (Lipinski definition) is 3. The van der Waals surface area contributed by atoms with Gasteiger partial charge in [-0.25, -0.2) is 4.39 Å². The number of nitrogens with two attached hydrogens (primary N) is 1. The highest BCUT2D eigenvalue weighted by Gasteiger charge is 2.26. The van der Waals surface area contributed by atoms with Crippen molar-refractivity contribution in [2.75, 3.05) is 24.8 Å². The van der Waals surface area contributed by atoms with Crippen LogP contribution in [-0.4, -0.2) is 20.2 Å². The van der Waals surface area contributed by atoms with Crippen LogP contribution in [-0.2, 0) is 0 Å². The Hall–Kier alpha value is -1.45. The highest BCUT2D eigenvalue weighted by molar-refractivity contribution is 5.63. The molecule has 0 radical (unpaired) electrons. The van der Waals surface area contributed by atoms with E-state index in [1.807, 2.05) is 11.9 Å². The molecular weight excluding hydrogens is 231 g/mol. The Morgan fingerprint density at radius 3 is 2.33 bits per heavy atom. The molecule has 0 aliphatic heterocycles. The maximum absolute atomic E-state index is 14.0. The highest BCUT2D eigenvalue weighted by atomic mass is 19.1. The number of nitrogens with zero attached hydrogens (tertiary/aromatic N) is 1. The van der Waals surface area contributed by atoms with E-state index < -0.39 is 0 Å². The van der Waals surface area contributed by atoms with E-state index in [1.165, 1.54) is 13.2 Å². The van der Waals surface area contributed by atoms with Crippen molar-refractivity contribution in [3.05, 3.63) is 17.9 Å². The van der Waals surface area contributed by atoms with Gasteiger partial charge in [-0.1, -0.05) is 20.8 Å². The molecule has 2 N–H and O–H groups in total. The Morgan fingerprint density at radius 1 is 1.33 bits per heavy atom. The molecule has 0 bridgehead atoms. The van der Waals surface area contributed by atoms with Crippen molar-refractivity contribution in [3.63, 3.8) is 0 Å². The summed E-state index contributed by atoms with van der Waals surface area (Å²) in [5.41, 5.74) is 6.55. The first-order valence-corrected chi connectivity index (χ1v) is 6.04. The van der Waals surface area contributed by atoms with E-state index in [2.05, 4.69) is 27.7 Å². The number of methoxy groups -OCH3 is 1. The lowest BCUT2D eigenvalue weighted by atomic mass is 9.87. The second-order valence-corrected chi connectivity index (χ2v) is 5.70. The minimum atomic E-state index is -0.327. The summed E-state index contributed by atoms with van der Waals surface area (Å²) < 4.78 is 19.1. The van der Waals surface area contributed by atoms with Crippen molar-refractivity contribution >= 4 is 11.4 Å². The lowest BCUT2D eigenvalue weighted by Gasteiger charge is -2.37. The van der Waals surface area contributed by atoms with E-state index in [0.29, 0.717) is 17.1 Å². The molecule has 0 aliphatic carbocycles. The molecule has 0 heterocycles. The normalized spacial score (nSPS) is 13.3. The van der Waals surface area contributed by atoms with Crippen LogP contribution in [0, 0.1) is 11.2 Å². The molecule has 1 aromatic rings. The molecule has 4 heteroatoms. The quantitative estimate of drug-likeness (QED) is 0.841. The van der Waals surface area contributed by atoms with Gasteiger partial charge in [0.25, 0.3) is 0 Å². The number of ether oxygens (including phenoxy) is 1. The fourth-order valence-corrected chi connectivity index (χ4v) is 1.79. The summed E-state index contributed by atoms with van der Waals surface area (Å²) in [6, 6.07) is 3.13. The zero-order chi connectivity index (χ0) is 14.1. The first-order valence-electron chi connectivity index (χ1n) is 6.04. The van der Waals surface area contributed by atoms with Gasteiger partial charge in [-0.3, -0.25) is 0 Å². The lowest BCUT2D eigenvalue weighted by molar-refractivity contribution is 0.328. The fourth-order valence-electron chi connectivity index (χ4n) is 1.79. The van der Waals surface area contributed by atoms with Crippen LogP contribution in [0.3, 0.4) is 0 Å². The Bertz CT molecular complexity index is 427. The molecule has 18 heavy (non-hydrogen) atoms. The summed E-state index contributed by atoms with van der Waals surface area (Å²) in [5.74, 6) is 0.172. The summed E-state index contributed by atoms with van der Waals surface area (Å²) >= 11 is 0. The van der Waals surface area contributed by atoms with Crippen LogP contribution in [0.15, 0.2) is 12.1 Å². The number of hydrogen-bond donors (Lipinski definition) is 1. The van der Waals surface area contributed by atoms with Crippen molar-refractivity contribution in [3.8, 4) is 5.75 Å². The van der Waals surface area contributed by atoms with E-state index >= 15 is 0 Å². The first kappa shape index (κ1) is 14.6. The molecule has 1 aromatic carbocycles. The maximum atomic E-state index is 14.0. The molecule has 102 valence electrons. The van der Waals surface area contributed by atoms with Crippen molar-refractivity contribution in [2.24, 2.45) is 5.41 Å². The number of nitrogen functional groups attached to an aromatic ring is 1. The molecule has 0 aliphatic rings. The number of anilines is 2. The van der Waals surface area contributed by atoms with Crippen LogP contribution in [0.5, 0.6) is 5.75 Å². The molecule has 0 fully saturated rings. The first-order chi connectivity index (χ1) is 8.18. The second kappa shape index (κ2) is 5.04. The van der Waals surface area contributed by atoms with Gasteiger partial charge < -0.3 is 15.4 Å². The molecule has 0 saturated carbocycles. The number of halogens is 1. The zero-order valence-electron chi connectivity index (χ0n) is 12.0. The summed E-state index contributed by atoms with van der Waals surface area (Å²) in [4.78, 5) is 1.91. The smallest absolute Gasteiger partial charge is 0.148 e. The predicted octanol–water partition coefficient (Wildman–Crippen LogP) is 3.29. The number of rotatable bonds is 3. The Balaban J connectivity index is 3.17. The third-order valence-electron chi connectivity index (χ3n) is 3.51. The summed E-state index contributed by atoms with van der Waals surface area (Å²) in [5, 5.41) is 0. The predicted molar refractivity (Wildman–Crippen MR) is 74.7 cm³/mol. The van der Waals surface area contributed by atoms with Crippen LogP contribution >= 0.6 is 0 Å². The van der Waals surface area contributed by atoms with E-state index in [1.54, 1.807) is 6.07 Å². The fraction of sp³-hybridized carbons (Fsp3) is 0.571. The van der Waals surface area contributed by atoms with Gasteiger partial charge >= 0.3 is 0 Å². The van der Waals surface area contributed by atoms with Gasteiger partial charge in [0.15, 0.2) is 0 Å². The minimum Gasteiger partial charge on any atom is -0.495 e. The molecule has 1 rings (SSSR count). The van der Waals surface area contributed by atoms with Crippen molar-refractivity contribution in [1.29, 1.82) is 0 Å². The molecule has 0 amide bonds. The maximum Gasteiger partial charge on any atom is 0.148 e. The van der Waals surface area contributed by atoms with Crippen LogP contribution in [0.1, 0.15) is 27.7 Å². The topological polar surface area (TPSA) is 38.5 Å². The van der Waals surface area contributed by atoms with Gasteiger partial charge in [0.1, 0.15) is 11.6 Å². The zero-order valence-corrected chi connectivity index (χ0v) is 12.0. The van der Waals surface area contributed by atoms with Crippen molar-refractivity contribution < 1.29 is 9.13 Å². The van der Waals surface area contributed by atoms with E-state index in [4.69, 9.17) is 10.5 Å². The Kier molecular flexibility index (Phi) is 4.09. The van der Waals surface area contributed by atoms with Gasteiger partial charge in [-0.05, 0) is 12.3 Å². The van der Waals surface area contributed by atoms with Crippen molar-refractivity contribution in [1.82, 2.24) is 0 Å². The molecule has 0 saturated heterocycles. The average Bonchev–Trinajstić information content (AvgIpc) is 2.26. The van der Waals surface area contributed by atoms with Gasteiger partial charge in [0.2, 0.25) is 0 Å². The minimum absolute atomic E-state index is 0.0514. The third-order valence-corrected chi connectivity index (χ3v) is 3.51. The van der Waals surface area contributed by atoms with E-state index in [0.717, 1.165) is 0 Å².